The SMILES string of the molecule is CCc1ccc(NC(N)=NC2CC23CC3)cc1. The Morgan fingerprint density at radius 1 is 1.41 bits per heavy atom. The van der Waals surface area contributed by atoms with E-state index in [9.17, 15) is 0 Å². The third-order valence-corrected chi connectivity index (χ3v) is 3.97. The first-order chi connectivity index (χ1) is 8.22. The molecule has 0 radical (unpaired) electrons. The quantitative estimate of drug-likeness (QED) is 0.618. The summed E-state index contributed by atoms with van der Waals surface area (Å²) in [5, 5.41) is 3.16. The maximum Gasteiger partial charge on any atom is 0.193 e. The molecule has 2 saturated carbocycles. The summed E-state index contributed by atoms with van der Waals surface area (Å²) in [4.78, 5) is 4.52. The predicted molar refractivity (Wildman–Crippen MR) is 71.1 cm³/mol. The second kappa shape index (κ2) is 3.76. The van der Waals surface area contributed by atoms with Gasteiger partial charge in [0.05, 0.1) is 6.04 Å². The second-order valence-corrected chi connectivity index (χ2v) is 5.27. The van der Waals surface area contributed by atoms with Crippen molar-refractivity contribution in [3.63, 3.8) is 0 Å². The molecule has 3 rings (SSSR count). The molecule has 3 heteroatoms. The van der Waals surface area contributed by atoms with Gasteiger partial charge < -0.3 is 11.1 Å². The second-order valence-electron chi connectivity index (χ2n) is 5.27. The highest BCUT2D eigenvalue weighted by Crippen LogP contribution is 2.67. The van der Waals surface area contributed by atoms with Crippen molar-refractivity contribution in [2.45, 2.75) is 38.6 Å². The molecular formula is C14H19N3. The lowest BCUT2D eigenvalue weighted by Crippen LogP contribution is -2.23. The van der Waals surface area contributed by atoms with Gasteiger partial charge in [-0.05, 0) is 48.8 Å². The standard InChI is InChI=1S/C14H19N3/c1-2-10-3-5-11(6-4-10)16-13(15)17-12-9-14(12)7-8-14/h3-6,12H,2,7-9H2,1H3,(H3,15,16,17). The zero-order valence-corrected chi connectivity index (χ0v) is 10.2. The maximum absolute atomic E-state index is 5.90. The Hall–Kier alpha value is -1.51. The van der Waals surface area contributed by atoms with E-state index >= 15 is 0 Å². The molecule has 3 nitrogen and oxygen atoms in total. The Morgan fingerprint density at radius 2 is 2.12 bits per heavy atom. The third-order valence-electron chi connectivity index (χ3n) is 3.97. The van der Waals surface area contributed by atoms with Gasteiger partial charge in [-0.15, -0.1) is 0 Å². The van der Waals surface area contributed by atoms with Crippen molar-refractivity contribution < 1.29 is 0 Å². The van der Waals surface area contributed by atoms with Gasteiger partial charge in [-0.3, -0.25) is 0 Å². The first-order valence-electron chi connectivity index (χ1n) is 6.41. The van der Waals surface area contributed by atoms with Gasteiger partial charge in [0, 0.05) is 5.69 Å². The van der Waals surface area contributed by atoms with Crippen molar-refractivity contribution in [2.24, 2.45) is 16.1 Å². The minimum Gasteiger partial charge on any atom is -0.370 e. The van der Waals surface area contributed by atoms with Gasteiger partial charge >= 0.3 is 0 Å². The predicted octanol–water partition coefficient (Wildman–Crippen LogP) is 2.53. The van der Waals surface area contributed by atoms with Crippen LogP contribution in [-0.4, -0.2) is 12.0 Å². The van der Waals surface area contributed by atoms with E-state index in [1.165, 1.54) is 24.8 Å². The largest absolute Gasteiger partial charge is 0.370 e. The van der Waals surface area contributed by atoms with Crippen LogP contribution < -0.4 is 11.1 Å². The molecule has 2 fully saturated rings. The highest BCUT2D eigenvalue weighted by Gasteiger charge is 2.63. The molecule has 0 heterocycles. The minimum absolute atomic E-state index is 0.491. The van der Waals surface area contributed by atoms with Gasteiger partial charge in [0.2, 0.25) is 0 Å². The van der Waals surface area contributed by atoms with Crippen molar-refractivity contribution in [3.8, 4) is 0 Å². The van der Waals surface area contributed by atoms with Gasteiger partial charge in [-0.25, -0.2) is 4.99 Å². The Labute approximate surface area is 102 Å². The first-order valence-corrected chi connectivity index (χ1v) is 6.41. The Kier molecular flexibility index (Phi) is 2.35. The summed E-state index contributed by atoms with van der Waals surface area (Å²) in [5.41, 5.74) is 8.85. The average Bonchev–Trinajstić information content (AvgIpc) is 3.22. The van der Waals surface area contributed by atoms with Crippen molar-refractivity contribution in [1.82, 2.24) is 0 Å². The molecule has 0 bridgehead atoms. The van der Waals surface area contributed by atoms with Crippen LogP contribution in [0.15, 0.2) is 29.3 Å². The first kappa shape index (κ1) is 10.6. The van der Waals surface area contributed by atoms with E-state index in [2.05, 4.69) is 41.5 Å². The number of nitrogens with two attached hydrogens (primary N) is 1. The lowest BCUT2D eigenvalue weighted by molar-refractivity contribution is 0.825. The maximum atomic E-state index is 5.90. The van der Waals surface area contributed by atoms with Crippen molar-refractivity contribution >= 4 is 11.6 Å². The van der Waals surface area contributed by atoms with Crippen LogP contribution in [0.25, 0.3) is 0 Å². The van der Waals surface area contributed by atoms with Gasteiger partial charge in [-0.2, -0.15) is 0 Å². The lowest BCUT2D eigenvalue weighted by atomic mass is 10.1. The number of rotatable bonds is 3. The molecule has 0 aliphatic heterocycles. The van der Waals surface area contributed by atoms with E-state index in [4.69, 9.17) is 5.73 Å². The Balaban J connectivity index is 1.61. The smallest absolute Gasteiger partial charge is 0.193 e. The number of anilines is 1. The monoisotopic (exact) mass is 229 g/mol. The molecule has 1 spiro atoms. The fraction of sp³-hybridized carbons (Fsp3) is 0.500. The lowest BCUT2D eigenvalue weighted by Gasteiger charge is -2.06. The molecule has 3 N–H and O–H groups in total. The van der Waals surface area contributed by atoms with E-state index in [0.29, 0.717) is 17.4 Å². The van der Waals surface area contributed by atoms with Crippen LogP contribution in [0.1, 0.15) is 31.7 Å². The molecule has 1 aromatic carbocycles. The molecule has 2 aliphatic rings. The summed E-state index contributed by atoms with van der Waals surface area (Å²) < 4.78 is 0. The Bertz CT molecular complexity index is 443. The molecule has 1 unspecified atom stereocenters. The van der Waals surface area contributed by atoms with E-state index < -0.39 is 0 Å². The van der Waals surface area contributed by atoms with Crippen LogP contribution in [0, 0.1) is 5.41 Å². The molecule has 1 atom stereocenters. The number of aliphatic imine (C=N–C) groups is 1. The summed E-state index contributed by atoms with van der Waals surface area (Å²) in [6, 6.07) is 8.84. The number of nitrogens with zero attached hydrogens (tertiary/aromatic N) is 1. The zero-order valence-electron chi connectivity index (χ0n) is 10.2. The fourth-order valence-corrected chi connectivity index (χ4v) is 2.38. The van der Waals surface area contributed by atoms with Crippen LogP contribution in [0.3, 0.4) is 0 Å². The number of guanidine groups is 1. The third kappa shape index (κ3) is 2.14. The van der Waals surface area contributed by atoms with E-state index in [1.807, 2.05) is 0 Å². The number of benzene rings is 1. The van der Waals surface area contributed by atoms with Gasteiger partial charge in [-0.1, -0.05) is 19.1 Å². The number of aryl methyl sites for hydroxylation is 1. The zero-order chi connectivity index (χ0) is 11.9. The number of nitrogens with one attached hydrogen (secondary N) is 1. The molecule has 0 aromatic heterocycles. The minimum atomic E-state index is 0.491. The molecular weight excluding hydrogens is 210 g/mol. The fourth-order valence-electron chi connectivity index (χ4n) is 2.38. The summed E-state index contributed by atoms with van der Waals surface area (Å²) in [6.45, 7) is 2.15. The summed E-state index contributed by atoms with van der Waals surface area (Å²) in [7, 11) is 0. The summed E-state index contributed by atoms with van der Waals surface area (Å²) >= 11 is 0. The van der Waals surface area contributed by atoms with Gasteiger partial charge in [0.15, 0.2) is 5.96 Å². The average molecular weight is 229 g/mol. The van der Waals surface area contributed by atoms with E-state index in [-0.39, 0.29) is 0 Å². The van der Waals surface area contributed by atoms with E-state index in [0.717, 1.165) is 12.1 Å². The molecule has 17 heavy (non-hydrogen) atoms. The van der Waals surface area contributed by atoms with Gasteiger partial charge in [0.1, 0.15) is 0 Å². The highest BCUT2D eigenvalue weighted by atomic mass is 15.1. The molecule has 90 valence electrons. The van der Waals surface area contributed by atoms with Crippen LogP contribution in [-0.2, 0) is 6.42 Å². The summed E-state index contributed by atoms with van der Waals surface area (Å²) in [5.74, 6) is 0.558. The highest BCUT2D eigenvalue weighted by molar-refractivity contribution is 5.92. The number of hydrogen-bond acceptors (Lipinski definition) is 1. The van der Waals surface area contributed by atoms with Crippen molar-refractivity contribution in [3.05, 3.63) is 29.8 Å². The molecule has 2 aliphatic carbocycles. The Morgan fingerprint density at radius 3 is 2.65 bits per heavy atom. The van der Waals surface area contributed by atoms with Crippen LogP contribution in [0.4, 0.5) is 5.69 Å². The van der Waals surface area contributed by atoms with Crippen LogP contribution in [0.5, 0.6) is 0 Å². The summed E-state index contributed by atoms with van der Waals surface area (Å²) in [6.07, 6.45) is 5.00. The van der Waals surface area contributed by atoms with Crippen molar-refractivity contribution in [2.75, 3.05) is 5.32 Å². The molecule has 1 aromatic rings. The topological polar surface area (TPSA) is 50.4 Å². The van der Waals surface area contributed by atoms with Crippen molar-refractivity contribution in [1.29, 1.82) is 0 Å². The van der Waals surface area contributed by atoms with Crippen LogP contribution >= 0.6 is 0 Å². The molecule has 0 saturated heterocycles. The normalized spacial score (nSPS) is 24.8. The number of hydrogen-bond donors (Lipinski definition) is 2. The van der Waals surface area contributed by atoms with Crippen LogP contribution in [0.2, 0.25) is 0 Å². The molecule has 0 amide bonds. The van der Waals surface area contributed by atoms with E-state index in [1.54, 1.807) is 0 Å². The van der Waals surface area contributed by atoms with Gasteiger partial charge in [0.25, 0.3) is 0 Å².